The van der Waals surface area contributed by atoms with E-state index in [0.717, 1.165) is 24.8 Å². The van der Waals surface area contributed by atoms with E-state index in [4.69, 9.17) is 0 Å². The normalized spacial score (nSPS) is 12.0. The van der Waals surface area contributed by atoms with E-state index in [9.17, 15) is 23.1 Å². The van der Waals surface area contributed by atoms with E-state index in [-0.39, 0.29) is 28.1 Å². The first-order chi connectivity index (χ1) is 11.9. The van der Waals surface area contributed by atoms with Gasteiger partial charge in [0.2, 0.25) is 0 Å². The van der Waals surface area contributed by atoms with E-state index in [1.54, 1.807) is 12.1 Å². The van der Waals surface area contributed by atoms with Gasteiger partial charge in [0.1, 0.15) is 5.75 Å². The highest BCUT2D eigenvalue weighted by molar-refractivity contribution is 5.90. The third-order valence-electron chi connectivity index (χ3n) is 3.88. The second-order valence-corrected chi connectivity index (χ2v) is 6.86. The van der Waals surface area contributed by atoms with Crippen LogP contribution in [0.1, 0.15) is 42.3 Å². The molecule has 0 aliphatic heterocycles. The number of aromatic hydroxyl groups is 1. The number of benzene rings is 2. The molecule has 0 aromatic heterocycles. The molecule has 2 aromatic carbocycles. The molecule has 0 bridgehead atoms. The number of rotatable bonds is 3. The van der Waals surface area contributed by atoms with Crippen LogP contribution >= 0.6 is 0 Å². The fourth-order valence-corrected chi connectivity index (χ4v) is 2.38. The third kappa shape index (κ3) is 4.28. The molecule has 2 aromatic rings. The van der Waals surface area contributed by atoms with Gasteiger partial charge in [-0.25, -0.2) is 4.79 Å². The summed E-state index contributed by atoms with van der Waals surface area (Å²) in [7, 11) is 1.10. The standard InChI is InChI=1S/C19H20F3NO3/c1-18(2,3)12-6-8-16(24)15(10-12)23-14-7-5-11(17(25)26-4)9-13(14)19(20,21)22/h5-10,23-24H,1-4H3. The van der Waals surface area contributed by atoms with Crippen molar-refractivity contribution in [3.05, 3.63) is 53.1 Å². The highest BCUT2D eigenvalue weighted by atomic mass is 19.4. The molecular weight excluding hydrogens is 347 g/mol. The molecule has 140 valence electrons. The Morgan fingerprint density at radius 3 is 2.23 bits per heavy atom. The Balaban J connectivity index is 2.51. The fourth-order valence-electron chi connectivity index (χ4n) is 2.38. The zero-order chi connectivity index (χ0) is 19.7. The van der Waals surface area contributed by atoms with Gasteiger partial charge in [-0.3, -0.25) is 0 Å². The molecular formula is C19H20F3NO3. The zero-order valence-electron chi connectivity index (χ0n) is 14.9. The first kappa shape index (κ1) is 19.6. The van der Waals surface area contributed by atoms with Crippen LogP contribution in [0, 0.1) is 0 Å². The maximum atomic E-state index is 13.4. The smallest absolute Gasteiger partial charge is 0.418 e. The van der Waals surface area contributed by atoms with Crippen molar-refractivity contribution in [2.24, 2.45) is 0 Å². The van der Waals surface area contributed by atoms with Gasteiger partial charge in [-0.15, -0.1) is 0 Å². The van der Waals surface area contributed by atoms with E-state index in [1.807, 2.05) is 20.8 Å². The lowest BCUT2D eigenvalue weighted by molar-refractivity contribution is -0.136. The van der Waals surface area contributed by atoms with Gasteiger partial charge >= 0.3 is 12.1 Å². The molecule has 0 unspecified atom stereocenters. The third-order valence-corrected chi connectivity index (χ3v) is 3.88. The van der Waals surface area contributed by atoms with E-state index >= 15 is 0 Å². The first-order valence-electron chi connectivity index (χ1n) is 7.83. The number of phenolic OH excluding ortho intramolecular Hbond substituents is 1. The average molecular weight is 367 g/mol. The van der Waals surface area contributed by atoms with Crippen molar-refractivity contribution in [1.29, 1.82) is 0 Å². The lowest BCUT2D eigenvalue weighted by atomic mass is 9.87. The van der Waals surface area contributed by atoms with Gasteiger partial charge in [0, 0.05) is 0 Å². The number of methoxy groups -OCH3 is 1. The molecule has 0 radical (unpaired) electrons. The molecule has 7 heteroatoms. The Morgan fingerprint density at radius 1 is 1.04 bits per heavy atom. The molecule has 0 spiro atoms. The van der Waals surface area contributed by atoms with Gasteiger partial charge < -0.3 is 15.2 Å². The quantitative estimate of drug-likeness (QED) is 0.575. The minimum absolute atomic E-state index is 0.147. The number of nitrogens with one attached hydrogen (secondary N) is 1. The van der Waals surface area contributed by atoms with Gasteiger partial charge in [-0.2, -0.15) is 13.2 Å². The van der Waals surface area contributed by atoms with Crippen molar-refractivity contribution >= 4 is 17.3 Å². The van der Waals surface area contributed by atoms with Crippen LogP contribution in [0.2, 0.25) is 0 Å². The molecule has 0 fully saturated rings. The maximum Gasteiger partial charge on any atom is 0.418 e. The molecule has 0 heterocycles. The number of hydrogen-bond donors (Lipinski definition) is 2. The Bertz CT molecular complexity index is 824. The maximum absolute atomic E-state index is 13.4. The summed E-state index contributed by atoms with van der Waals surface area (Å²) >= 11 is 0. The van der Waals surface area contributed by atoms with Crippen molar-refractivity contribution in [2.45, 2.75) is 32.4 Å². The van der Waals surface area contributed by atoms with Crippen LogP contribution in [-0.4, -0.2) is 18.2 Å². The lowest BCUT2D eigenvalue weighted by Crippen LogP contribution is -2.13. The van der Waals surface area contributed by atoms with Crippen LogP contribution in [0.3, 0.4) is 0 Å². The monoisotopic (exact) mass is 367 g/mol. The second-order valence-electron chi connectivity index (χ2n) is 6.86. The average Bonchev–Trinajstić information content (AvgIpc) is 2.54. The van der Waals surface area contributed by atoms with Crippen molar-refractivity contribution in [3.63, 3.8) is 0 Å². The van der Waals surface area contributed by atoms with Gasteiger partial charge in [0.05, 0.1) is 29.6 Å². The SMILES string of the molecule is COC(=O)c1ccc(Nc2cc(C(C)(C)C)ccc2O)c(C(F)(F)F)c1. The number of halogens is 3. The molecule has 2 rings (SSSR count). The summed E-state index contributed by atoms with van der Waals surface area (Å²) < 4.78 is 44.7. The number of alkyl halides is 3. The Hall–Kier alpha value is -2.70. The first-order valence-corrected chi connectivity index (χ1v) is 7.83. The van der Waals surface area contributed by atoms with Crippen LogP contribution in [0.15, 0.2) is 36.4 Å². The van der Waals surface area contributed by atoms with E-state index in [1.165, 1.54) is 12.1 Å². The summed E-state index contributed by atoms with van der Waals surface area (Å²) in [6.07, 6.45) is -4.69. The zero-order valence-corrected chi connectivity index (χ0v) is 14.9. The lowest BCUT2D eigenvalue weighted by Gasteiger charge is -2.21. The van der Waals surface area contributed by atoms with Crippen LogP contribution in [0.4, 0.5) is 24.5 Å². The number of esters is 1. The minimum atomic E-state index is -4.69. The summed E-state index contributed by atoms with van der Waals surface area (Å²) in [6, 6.07) is 7.83. The number of carbonyl (C=O) groups is 1. The summed E-state index contributed by atoms with van der Waals surface area (Å²) in [4.78, 5) is 11.5. The molecule has 2 N–H and O–H groups in total. The number of hydrogen-bond acceptors (Lipinski definition) is 4. The highest BCUT2D eigenvalue weighted by Crippen LogP contribution is 2.39. The van der Waals surface area contributed by atoms with Gasteiger partial charge in [0.15, 0.2) is 0 Å². The van der Waals surface area contributed by atoms with Crippen LogP contribution in [0.25, 0.3) is 0 Å². The van der Waals surface area contributed by atoms with Gasteiger partial charge in [-0.1, -0.05) is 26.8 Å². The van der Waals surface area contributed by atoms with Crippen LogP contribution < -0.4 is 5.32 Å². The van der Waals surface area contributed by atoms with E-state index in [2.05, 4.69) is 10.1 Å². The Kier molecular flexibility index (Phi) is 5.21. The van der Waals surface area contributed by atoms with Crippen molar-refractivity contribution in [3.8, 4) is 5.75 Å². The van der Waals surface area contributed by atoms with Crippen LogP contribution in [0.5, 0.6) is 5.75 Å². The number of phenols is 1. The predicted molar refractivity (Wildman–Crippen MR) is 92.9 cm³/mol. The fraction of sp³-hybridized carbons (Fsp3) is 0.316. The molecule has 0 saturated carbocycles. The summed E-state index contributed by atoms with van der Waals surface area (Å²) in [6.45, 7) is 5.86. The molecule has 0 aliphatic carbocycles. The summed E-state index contributed by atoms with van der Waals surface area (Å²) in [5.41, 5.74) is -0.761. The van der Waals surface area contributed by atoms with E-state index in [0.29, 0.717) is 0 Å². The Labute approximate surface area is 149 Å². The molecule has 0 atom stereocenters. The number of ether oxygens (including phenoxy) is 1. The van der Waals surface area contributed by atoms with Crippen LogP contribution in [-0.2, 0) is 16.3 Å². The Morgan fingerprint density at radius 2 is 1.69 bits per heavy atom. The molecule has 26 heavy (non-hydrogen) atoms. The second kappa shape index (κ2) is 6.90. The minimum Gasteiger partial charge on any atom is -0.506 e. The number of anilines is 2. The topological polar surface area (TPSA) is 58.6 Å². The molecule has 4 nitrogen and oxygen atoms in total. The largest absolute Gasteiger partial charge is 0.506 e. The predicted octanol–water partition coefficient (Wildman–Crippen LogP) is 5.24. The van der Waals surface area contributed by atoms with Crippen molar-refractivity contribution < 1.29 is 27.8 Å². The van der Waals surface area contributed by atoms with Gasteiger partial charge in [-0.05, 0) is 41.3 Å². The molecule has 0 aliphatic rings. The number of carbonyl (C=O) groups excluding carboxylic acids is 1. The summed E-state index contributed by atoms with van der Waals surface area (Å²) in [5, 5.41) is 12.6. The van der Waals surface area contributed by atoms with Crippen molar-refractivity contribution in [1.82, 2.24) is 0 Å². The van der Waals surface area contributed by atoms with E-state index < -0.39 is 17.7 Å². The van der Waals surface area contributed by atoms with Crippen molar-refractivity contribution in [2.75, 3.05) is 12.4 Å². The molecule has 0 amide bonds. The summed E-state index contributed by atoms with van der Waals surface area (Å²) in [5.74, 6) is -1.04. The van der Waals surface area contributed by atoms with Gasteiger partial charge in [0.25, 0.3) is 0 Å². The molecule has 0 saturated heterocycles. The highest BCUT2D eigenvalue weighted by Gasteiger charge is 2.34.